The third kappa shape index (κ3) is 2.37. The number of carboxylic acid groups (broad SMARTS) is 1. The van der Waals surface area contributed by atoms with Crippen LogP contribution in [-0.2, 0) is 19.1 Å². The lowest BCUT2D eigenvalue weighted by atomic mass is 9.72. The molecule has 0 spiro atoms. The van der Waals surface area contributed by atoms with Gasteiger partial charge in [0.15, 0.2) is 5.78 Å². The zero-order valence-corrected chi connectivity index (χ0v) is 10.3. The highest BCUT2D eigenvalue weighted by Gasteiger charge is 2.56. The van der Waals surface area contributed by atoms with Gasteiger partial charge >= 0.3 is 11.9 Å². The van der Waals surface area contributed by atoms with Gasteiger partial charge in [-0.15, -0.1) is 12.3 Å². The van der Waals surface area contributed by atoms with Crippen molar-refractivity contribution in [3.05, 3.63) is 0 Å². The van der Waals surface area contributed by atoms with Crippen molar-refractivity contribution < 1.29 is 24.2 Å². The molecule has 1 saturated carbocycles. The molecule has 0 aromatic heterocycles. The van der Waals surface area contributed by atoms with Crippen molar-refractivity contribution in [2.24, 2.45) is 11.3 Å². The molecule has 5 heteroatoms. The summed E-state index contributed by atoms with van der Waals surface area (Å²) < 4.78 is 4.70. The van der Waals surface area contributed by atoms with Crippen molar-refractivity contribution in [3.8, 4) is 12.3 Å². The molecule has 0 aliphatic heterocycles. The second-order valence-electron chi connectivity index (χ2n) is 4.42. The lowest BCUT2D eigenvalue weighted by Crippen LogP contribution is -2.42. The molecule has 0 aromatic carbocycles. The molecule has 0 bridgehead atoms. The Balaban J connectivity index is 3.09. The fraction of sp³-hybridized carbons (Fsp3) is 0.615. The Kier molecular flexibility index (Phi) is 4.49. The lowest BCUT2D eigenvalue weighted by molar-refractivity contribution is -0.160. The van der Waals surface area contributed by atoms with Crippen molar-refractivity contribution in [2.45, 2.75) is 32.1 Å². The molecule has 1 aliphatic carbocycles. The predicted octanol–water partition coefficient (Wildman–Crippen LogP) is 1.01. The van der Waals surface area contributed by atoms with Gasteiger partial charge in [0.1, 0.15) is 5.41 Å². The van der Waals surface area contributed by atoms with Crippen LogP contribution >= 0.6 is 0 Å². The van der Waals surface area contributed by atoms with Crippen molar-refractivity contribution in [3.63, 3.8) is 0 Å². The molecule has 2 atom stereocenters. The van der Waals surface area contributed by atoms with Crippen molar-refractivity contribution in [1.29, 1.82) is 0 Å². The Morgan fingerprint density at radius 2 is 2.28 bits per heavy atom. The van der Waals surface area contributed by atoms with E-state index in [-0.39, 0.29) is 31.5 Å². The van der Waals surface area contributed by atoms with Gasteiger partial charge in [-0.2, -0.15) is 0 Å². The van der Waals surface area contributed by atoms with Crippen LogP contribution in [0.25, 0.3) is 0 Å². The number of esters is 1. The van der Waals surface area contributed by atoms with Gasteiger partial charge in [-0.05, 0) is 18.8 Å². The lowest BCUT2D eigenvalue weighted by Gasteiger charge is -2.29. The molecule has 0 saturated heterocycles. The van der Waals surface area contributed by atoms with Gasteiger partial charge in [-0.3, -0.25) is 14.4 Å². The fourth-order valence-electron chi connectivity index (χ4n) is 2.67. The van der Waals surface area contributed by atoms with E-state index in [0.29, 0.717) is 6.42 Å². The second-order valence-corrected chi connectivity index (χ2v) is 4.42. The van der Waals surface area contributed by atoms with E-state index in [2.05, 4.69) is 5.92 Å². The first-order valence-corrected chi connectivity index (χ1v) is 5.76. The summed E-state index contributed by atoms with van der Waals surface area (Å²) in [7, 11) is 1.20. The van der Waals surface area contributed by atoms with Crippen LogP contribution in [0, 0.1) is 23.7 Å². The van der Waals surface area contributed by atoms with Crippen molar-refractivity contribution in [1.82, 2.24) is 0 Å². The van der Waals surface area contributed by atoms with Crippen LogP contribution in [0.2, 0.25) is 0 Å². The quantitative estimate of drug-likeness (QED) is 0.448. The van der Waals surface area contributed by atoms with E-state index in [1.54, 1.807) is 0 Å². The molecule has 1 N–H and O–H groups in total. The SMILES string of the molecule is C#CCCC1(C(=O)OC)C(=O)CCC1CC(=O)O. The summed E-state index contributed by atoms with van der Waals surface area (Å²) in [5, 5.41) is 8.87. The van der Waals surface area contributed by atoms with Crippen molar-refractivity contribution >= 4 is 17.7 Å². The molecule has 1 aliphatic rings. The normalized spacial score (nSPS) is 26.7. The minimum absolute atomic E-state index is 0.160. The molecule has 98 valence electrons. The number of carboxylic acids is 1. The maximum atomic E-state index is 12.0. The summed E-state index contributed by atoms with van der Waals surface area (Å²) in [6.45, 7) is 0. The van der Waals surface area contributed by atoms with E-state index in [1.165, 1.54) is 7.11 Å². The van der Waals surface area contributed by atoms with Crippen LogP contribution in [0.5, 0.6) is 0 Å². The Morgan fingerprint density at radius 3 is 2.78 bits per heavy atom. The van der Waals surface area contributed by atoms with Gasteiger partial charge in [-0.25, -0.2) is 0 Å². The first kappa shape index (κ1) is 14.2. The number of methoxy groups -OCH3 is 1. The fourth-order valence-corrected chi connectivity index (χ4v) is 2.67. The summed E-state index contributed by atoms with van der Waals surface area (Å²) >= 11 is 0. The highest BCUT2D eigenvalue weighted by atomic mass is 16.5. The van der Waals surface area contributed by atoms with E-state index in [9.17, 15) is 14.4 Å². The summed E-state index contributed by atoms with van der Waals surface area (Å²) in [6.07, 6.45) is 5.96. The third-order valence-corrected chi connectivity index (χ3v) is 3.55. The summed E-state index contributed by atoms with van der Waals surface area (Å²) in [5.41, 5.74) is -1.36. The number of hydrogen-bond donors (Lipinski definition) is 1. The Labute approximate surface area is 106 Å². The zero-order chi connectivity index (χ0) is 13.8. The van der Waals surface area contributed by atoms with E-state index in [1.807, 2.05) is 0 Å². The molecule has 0 radical (unpaired) electrons. The number of hydrogen-bond acceptors (Lipinski definition) is 4. The molecule has 0 heterocycles. The van der Waals surface area contributed by atoms with Gasteiger partial charge in [0, 0.05) is 19.3 Å². The van der Waals surface area contributed by atoms with Gasteiger partial charge < -0.3 is 9.84 Å². The monoisotopic (exact) mass is 252 g/mol. The standard InChI is InChI=1S/C13H16O5/c1-3-4-7-13(12(17)18-2)9(8-11(15)16)5-6-10(13)14/h1,9H,4-8H2,2H3,(H,15,16). The van der Waals surface area contributed by atoms with E-state index >= 15 is 0 Å². The largest absolute Gasteiger partial charge is 0.481 e. The van der Waals surface area contributed by atoms with Crippen LogP contribution in [0.3, 0.4) is 0 Å². The highest BCUT2D eigenvalue weighted by molar-refractivity contribution is 6.06. The van der Waals surface area contributed by atoms with Gasteiger partial charge in [0.25, 0.3) is 0 Å². The molecular weight excluding hydrogens is 236 g/mol. The van der Waals surface area contributed by atoms with Crippen LogP contribution in [0.15, 0.2) is 0 Å². The first-order chi connectivity index (χ1) is 8.48. The molecular formula is C13H16O5. The summed E-state index contributed by atoms with van der Waals surface area (Å²) in [5.74, 6) is -0.0782. The van der Waals surface area contributed by atoms with Crippen LogP contribution in [0.4, 0.5) is 0 Å². The molecule has 2 unspecified atom stereocenters. The zero-order valence-electron chi connectivity index (χ0n) is 10.3. The maximum Gasteiger partial charge on any atom is 0.319 e. The average molecular weight is 252 g/mol. The highest BCUT2D eigenvalue weighted by Crippen LogP contribution is 2.46. The number of ether oxygens (including phenoxy) is 1. The van der Waals surface area contributed by atoms with E-state index in [4.69, 9.17) is 16.3 Å². The summed E-state index contributed by atoms with van der Waals surface area (Å²) in [6, 6.07) is 0. The molecule has 1 rings (SSSR count). The average Bonchev–Trinajstić information content (AvgIpc) is 2.63. The molecule has 0 amide bonds. The number of rotatable bonds is 5. The number of carbonyl (C=O) groups excluding carboxylic acids is 2. The number of terminal acetylenes is 1. The van der Waals surface area contributed by atoms with Gasteiger partial charge in [-0.1, -0.05) is 0 Å². The molecule has 0 aromatic rings. The first-order valence-electron chi connectivity index (χ1n) is 5.76. The topological polar surface area (TPSA) is 80.7 Å². The number of Topliss-reactive ketones (excluding diaryl/α,β-unsaturated/α-hetero) is 1. The molecule has 18 heavy (non-hydrogen) atoms. The van der Waals surface area contributed by atoms with Crippen LogP contribution in [0.1, 0.15) is 32.1 Å². The van der Waals surface area contributed by atoms with Crippen LogP contribution in [-0.4, -0.2) is 29.9 Å². The Hall–Kier alpha value is -1.83. The van der Waals surface area contributed by atoms with E-state index < -0.39 is 23.3 Å². The van der Waals surface area contributed by atoms with Crippen molar-refractivity contribution in [2.75, 3.05) is 7.11 Å². The molecule has 1 fully saturated rings. The van der Waals surface area contributed by atoms with E-state index in [0.717, 1.165) is 0 Å². The second kappa shape index (κ2) is 5.67. The van der Waals surface area contributed by atoms with Gasteiger partial charge in [0.05, 0.1) is 7.11 Å². The predicted molar refractivity (Wildman–Crippen MR) is 62.5 cm³/mol. The third-order valence-electron chi connectivity index (χ3n) is 3.55. The maximum absolute atomic E-state index is 12.0. The number of aliphatic carboxylic acids is 1. The smallest absolute Gasteiger partial charge is 0.319 e. The number of ketones is 1. The minimum Gasteiger partial charge on any atom is -0.481 e. The minimum atomic E-state index is -1.36. The van der Waals surface area contributed by atoms with Crippen LogP contribution < -0.4 is 0 Å². The Bertz CT molecular complexity index is 406. The summed E-state index contributed by atoms with van der Waals surface area (Å²) in [4.78, 5) is 34.8. The van der Waals surface area contributed by atoms with Gasteiger partial charge in [0.2, 0.25) is 0 Å². The number of carbonyl (C=O) groups is 3. The Morgan fingerprint density at radius 1 is 1.61 bits per heavy atom. The molecule has 5 nitrogen and oxygen atoms in total.